The monoisotopic (exact) mass is 814 g/mol. The molecule has 0 bridgehead atoms. The summed E-state index contributed by atoms with van der Waals surface area (Å²) in [5, 5.41) is 0. The van der Waals surface area contributed by atoms with Crippen molar-refractivity contribution in [2.45, 2.75) is 109 Å². The van der Waals surface area contributed by atoms with Gasteiger partial charge in [-0.05, 0) is 0 Å². The summed E-state index contributed by atoms with van der Waals surface area (Å²) in [6.07, 6.45) is 10.0. The molecule has 0 aromatic heterocycles. The normalized spacial score (nSPS) is 18.1. The van der Waals surface area contributed by atoms with Crippen LogP contribution in [0.15, 0.2) is 96.1 Å². The molecule has 272 valence electrons. The zero-order valence-corrected chi connectivity index (χ0v) is 38.4. The van der Waals surface area contributed by atoms with Crippen molar-refractivity contribution in [3.63, 3.8) is 0 Å². The third kappa shape index (κ3) is 7.69. The Labute approximate surface area is 325 Å². The minimum Gasteiger partial charge on any atom is -0.147 e. The fraction of sp³-hybridized carbons (Fsp3) is 0.404. The zero-order chi connectivity index (χ0) is 35.3. The molecular weight excluding hydrogens is 755 g/mol. The van der Waals surface area contributed by atoms with Crippen molar-refractivity contribution in [2.24, 2.45) is 5.92 Å². The first kappa shape index (κ1) is 41.8. The number of fused-ring (bicyclic) bond motifs is 2. The van der Waals surface area contributed by atoms with Gasteiger partial charge in [0, 0.05) is 0 Å². The molecule has 0 amide bonds. The van der Waals surface area contributed by atoms with Crippen LogP contribution in [0, 0.1) is 5.92 Å². The van der Waals surface area contributed by atoms with Crippen LogP contribution in [0.2, 0.25) is 9.26 Å². The Morgan fingerprint density at radius 3 is 1.67 bits per heavy atom. The van der Waals surface area contributed by atoms with Gasteiger partial charge in [0.05, 0.1) is 0 Å². The second-order valence-electron chi connectivity index (χ2n) is 17.6. The van der Waals surface area contributed by atoms with Gasteiger partial charge in [0.2, 0.25) is 0 Å². The Kier molecular flexibility index (Phi) is 12.9. The van der Waals surface area contributed by atoms with E-state index in [0.717, 1.165) is 6.42 Å². The molecule has 2 aliphatic carbocycles. The molecule has 4 unspecified atom stereocenters. The summed E-state index contributed by atoms with van der Waals surface area (Å²) in [4.78, 5) is 0. The van der Waals surface area contributed by atoms with Crippen LogP contribution in [0.1, 0.15) is 128 Å². The smallest absolute Gasteiger partial charge is 0.147 e. The van der Waals surface area contributed by atoms with Crippen molar-refractivity contribution in [3.05, 3.63) is 129 Å². The van der Waals surface area contributed by atoms with Gasteiger partial charge < -0.3 is 0 Å². The Balaban J connectivity index is 0.00000292. The van der Waals surface area contributed by atoms with E-state index in [4.69, 9.17) is 0 Å². The van der Waals surface area contributed by atoms with E-state index in [9.17, 15) is 0 Å². The maximum Gasteiger partial charge on any atom is -0.147 e. The van der Waals surface area contributed by atoms with Gasteiger partial charge >= 0.3 is 303 Å². The molecule has 0 heterocycles. The topological polar surface area (TPSA) is 0 Å². The van der Waals surface area contributed by atoms with Gasteiger partial charge in [-0.25, -0.2) is 0 Å². The summed E-state index contributed by atoms with van der Waals surface area (Å²) in [6, 6.07) is 33.3. The van der Waals surface area contributed by atoms with Gasteiger partial charge in [-0.2, -0.15) is 0 Å². The van der Waals surface area contributed by atoms with Gasteiger partial charge in [0.15, 0.2) is 0 Å². The molecule has 51 heavy (non-hydrogen) atoms. The molecule has 0 aliphatic heterocycles. The van der Waals surface area contributed by atoms with Crippen molar-refractivity contribution in [1.82, 2.24) is 0 Å². The third-order valence-corrected chi connectivity index (χ3v) is 29.7. The summed E-state index contributed by atoms with van der Waals surface area (Å²) >= 11 is -3.74. The maximum absolute atomic E-state index is 3.74. The molecule has 4 aromatic carbocycles. The van der Waals surface area contributed by atoms with Crippen LogP contribution in [0.4, 0.5) is 0 Å². The number of rotatable bonds is 10. The van der Waals surface area contributed by atoms with E-state index in [1.807, 2.05) is 0 Å². The molecule has 0 N–H and O–H groups in total. The zero-order valence-electron chi connectivity index (χ0n) is 32.9. The summed E-state index contributed by atoms with van der Waals surface area (Å²) in [5.41, 5.74) is 18.0. The van der Waals surface area contributed by atoms with E-state index in [1.165, 1.54) is 63.8 Å². The van der Waals surface area contributed by atoms with Crippen LogP contribution in [-0.2, 0) is 22.8 Å². The Bertz CT molecular complexity index is 1990. The molecule has 4 aromatic rings. The standard InChI is InChI=1S/C24H29.C21H23.2CH3.2ClH.H2Si.Zr/c1-6-8-17(2)20-15-19-9-7-10-22(23(19)16-20)18-11-13-21(14-12-18)24(3,4)5;1-4-15(3)17-9-11-18(12-10-17)20-8-6-7-19-13-16(5-2)14-21(19)20;;;;;;/h7,9-17H,6,8H2,1-5H3;6-15H,4-5H2,1-3H3;2*1H3;2*1H;1H2;. The van der Waals surface area contributed by atoms with Gasteiger partial charge in [-0.3, -0.25) is 0 Å². The second-order valence-corrected chi connectivity index (χ2v) is 48.1. The van der Waals surface area contributed by atoms with E-state index in [2.05, 4.69) is 169 Å². The number of benzene rings is 4. The van der Waals surface area contributed by atoms with Crippen molar-refractivity contribution < 1.29 is 17.4 Å². The second kappa shape index (κ2) is 15.8. The minimum atomic E-state index is -3.74. The number of hydrogen-bond donors (Lipinski definition) is 0. The predicted octanol–water partition coefficient (Wildman–Crippen LogP) is 14.4. The quantitative estimate of drug-likeness (QED) is 0.140. The number of allylic oxidation sites excluding steroid dienone is 2. The van der Waals surface area contributed by atoms with Crippen LogP contribution < -0.4 is 0 Å². The summed E-state index contributed by atoms with van der Waals surface area (Å²) < 4.78 is 6.68. The summed E-state index contributed by atoms with van der Waals surface area (Å²) in [5.74, 6) is 1.17. The molecule has 0 saturated carbocycles. The Hall–Kier alpha value is -1.96. The largest absolute Gasteiger partial charge is 0.147 e. The molecular formula is C47H62Cl2SiZr. The van der Waals surface area contributed by atoms with E-state index in [1.54, 1.807) is 22.3 Å². The van der Waals surface area contributed by atoms with E-state index < -0.39 is 17.4 Å². The molecule has 0 spiro atoms. The predicted molar refractivity (Wildman–Crippen MR) is 232 cm³/mol. The van der Waals surface area contributed by atoms with Crippen molar-refractivity contribution in [1.29, 1.82) is 0 Å². The van der Waals surface area contributed by atoms with Gasteiger partial charge in [0.25, 0.3) is 0 Å². The fourth-order valence-corrected chi connectivity index (χ4v) is 29.4. The van der Waals surface area contributed by atoms with Crippen LogP contribution in [-0.4, -0.2) is 6.88 Å². The van der Waals surface area contributed by atoms with E-state index >= 15 is 0 Å². The molecule has 6 rings (SSSR count). The molecule has 0 nitrogen and oxygen atoms in total. The van der Waals surface area contributed by atoms with Gasteiger partial charge in [-0.1, -0.05) is 0 Å². The first-order valence-corrected chi connectivity index (χ1v) is 32.8. The van der Waals surface area contributed by atoms with Gasteiger partial charge in [-0.15, -0.1) is 24.8 Å². The van der Waals surface area contributed by atoms with E-state index in [0.29, 0.717) is 19.1 Å². The average Bonchev–Trinajstić information content (AvgIpc) is 3.68. The SMILES string of the molecule is CCCC(C)C1=Cc2c(-c3ccc(C(C)(C)C)cc3)cccc2[CH]1[Zr]([CH3])([CH3])(=[SiH2])[CH]1C(CC)=Cc2c(-c3ccc(C(C)CC)cc3)cccc21.Cl.Cl. The number of halogens is 2. The minimum absolute atomic E-state index is 0. The first-order chi connectivity index (χ1) is 23.2. The van der Waals surface area contributed by atoms with Crippen LogP contribution in [0.5, 0.6) is 0 Å². The molecule has 0 saturated heterocycles. The third-order valence-electron chi connectivity index (χ3n) is 12.3. The molecule has 4 atom stereocenters. The Morgan fingerprint density at radius 2 is 1.18 bits per heavy atom. The number of hydrogen-bond acceptors (Lipinski definition) is 0. The average molecular weight is 817 g/mol. The Morgan fingerprint density at radius 1 is 0.667 bits per heavy atom. The fourth-order valence-electron chi connectivity index (χ4n) is 9.45. The van der Waals surface area contributed by atoms with Crippen LogP contribution >= 0.6 is 24.8 Å². The maximum atomic E-state index is 2.81. The van der Waals surface area contributed by atoms with Crippen LogP contribution in [0.3, 0.4) is 0 Å². The molecule has 0 radical (unpaired) electrons. The van der Waals surface area contributed by atoms with E-state index in [-0.39, 0.29) is 30.2 Å². The molecule has 4 heteroatoms. The molecule has 0 fully saturated rings. The van der Waals surface area contributed by atoms with Crippen molar-refractivity contribution in [2.75, 3.05) is 0 Å². The van der Waals surface area contributed by atoms with Crippen molar-refractivity contribution in [3.8, 4) is 22.3 Å². The molecule has 2 aliphatic rings. The van der Waals surface area contributed by atoms with Gasteiger partial charge in [0.1, 0.15) is 0 Å². The van der Waals surface area contributed by atoms with Crippen molar-refractivity contribution >= 4 is 43.8 Å². The summed E-state index contributed by atoms with van der Waals surface area (Å²) in [6.45, 7) is 21.3. The first-order valence-electron chi connectivity index (χ1n) is 19.1. The summed E-state index contributed by atoms with van der Waals surface area (Å²) in [7, 11) is 0. The van der Waals surface area contributed by atoms with Crippen LogP contribution in [0.25, 0.3) is 34.4 Å².